The van der Waals surface area contributed by atoms with E-state index in [0.717, 1.165) is 61.9 Å². The van der Waals surface area contributed by atoms with E-state index in [4.69, 9.17) is 14.7 Å². The molecule has 0 spiro atoms. The summed E-state index contributed by atoms with van der Waals surface area (Å²) in [5.41, 5.74) is 11.2. The van der Waals surface area contributed by atoms with Gasteiger partial charge in [0.15, 0.2) is 0 Å². The van der Waals surface area contributed by atoms with E-state index in [1.54, 1.807) is 0 Å². The first-order chi connectivity index (χ1) is 21.7. The van der Waals surface area contributed by atoms with Crippen LogP contribution in [-0.2, 0) is 18.3 Å². The van der Waals surface area contributed by atoms with Gasteiger partial charge in [0, 0.05) is 54.6 Å². The van der Waals surface area contributed by atoms with Crippen LogP contribution in [0.1, 0.15) is 61.4 Å². The molecule has 45 heavy (non-hydrogen) atoms. The average Bonchev–Trinajstić information content (AvgIpc) is 3.04. The lowest BCUT2D eigenvalue weighted by atomic mass is 9.80. The summed E-state index contributed by atoms with van der Waals surface area (Å²) in [6.07, 6.45) is 8.24. The highest BCUT2D eigenvalue weighted by molar-refractivity contribution is 5.73. The van der Waals surface area contributed by atoms with Crippen molar-refractivity contribution in [3.8, 4) is 22.6 Å². The van der Waals surface area contributed by atoms with Crippen LogP contribution in [0.15, 0.2) is 91.3 Å². The molecule has 5 heteroatoms. The van der Waals surface area contributed by atoms with E-state index < -0.39 is 0 Å². The summed E-state index contributed by atoms with van der Waals surface area (Å²) < 4.78 is 6.75. The maximum atomic E-state index is 6.75. The highest BCUT2D eigenvalue weighted by atomic mass is 16.5. The molecule has 0 saturated heterocycles. The maximum Gasteiger partial charge on any atom is 0.133 e. The lowest BCUT2D eigenvalue weighted by molar-refractivity contribution is 0.476. The van der Waals surface area contributed by atoms with Crippen LogP contribution in [0.5, 0.6) is 11.5 Å². The summed E-state index contributed by atoms with van der Waals surface area (Å²) >= 11 is 0. The van der Waals surface area contributed by atoms with E-state index >= 15 is 0 Å². The Labute approximate surface area is 267 Å². The lowest BCUT2D eigenvalue weighted by Gasteiger charge is -2.35. The van der Waals surface area contributed by atoms with Crippen molar-refractivity contribution in [2.75, 3.05) is 22.9 Å². The Hall–Kier alpha value is -4.64. The molecule has 2 aromatic heterocycles. The molecule has 228 valence electrons. The topological polar surface area (TPSA) is 41.5 Å². The molecule has 3 aromatic carbocycles. The van der Waals surface area contributed by atoms with Gasteiger partial charge < -0.3 is 14.5 Å². The number of rotatable bonds is 5. The zero-order valence-corrected chi connectivity index (χ0v) is 27.1. The minimum absolute atomic E-state index is 0.0193. The molecule has 7 rings (SSSR count). The summed E-state index contributed by atoms with van der Waals surface area (Å²) in [5.74, 6) is 3.68. The molecular formula is C40H42N4O. The third kappa shape index (κ3) is 5.80. The molecular weight excluding hydrogens is 552 g/mol. The number of aryl methyl sites for hydroxylation is 3. The third-order valence-corrected chi connectivity index (χ3v) is 9.15. The second-order valence-electron chi connectivity index (χ2n) is 13.5. The van der Waals surface area contributed by atoms with Gasteiger partial charge in [0.2, 0.25) is 0 Å². The summed E-state index contributed by atoms with van der Waals surface area (Å²) in [4.78, 5) is 14.4. The maximum absolute atomic E-state index is 6.75. The number of ether oxygens (including phenoxy) is 1. The summed E-state index contributed by atoms with van der Waals surface area (Å²) in [5, 5.41) is 0. The van der Waals surface area contributed by atoms with Gasteiger partial charge in [0.1, 0.15) is 23.1 Å². The molecule has 0 atom stereocenters. The molecule has 5 nitrogen and oxygen atoms in total. The Morgan fingerprint density at radius 3 is 2.20 bits per heavy atom. The van der Waals surface area contributed by atoms with Gasteiger partial charge in [-0.2, -0.15) is 0 Å². The Kier molecular flexibility index (Phi) is 7.56. The Morgan fingerprint density at radius 1 is 0.711 bits per heavy atom. The van der Waals surface area contributed by atoms with Crippen molar-refractivity contribution in [1.29, 1.82) is 0 Å². The van der Waals surface area contributed by atoms with Gasteiger partial charge in [-0.25, -0.2) is 9.97 Å². The van der Waals surface area contributed by atoms with Crippen LogP contribution in [0.2, 0.25) is 0 Å². The van der Waals surface area contributed by atoms with Crippen molar-refractivity contribution in [3.63, 3.8) is 0 Å². The fourth-order valence-electron chi connectivity index (χ4n) is 6.90. The molecule has 0 radical (unpaired) electrons. The molecule has 0 bridgehead atoms. The molecule has 0 saturated carbocycles. The predicted molar refractivity (Wildman–Crippen MR) is 186 cm³/mol. The normalized spacial score (nSPS) is 14.6. The lowest BCUT2D eigenvalue weighted by Crippen LogP contribution is -2.28. The van der Waals surface area contributed by atoms with Crippen molar-refractivity contribution in [1.82, 2.24) is 9.97 Å². The van der Waals surface area contributed by atoms with Crippen LogP contribution in [0, 0.1) is 13.8 Å². The highest BCUT2D eigenvalue weighted by Crippen LogP contribution is 2.44. The molecule has 2 aliphatic rings. The zero-order chi connectivity index (χ0) is 31.1. The van der Waals surface area contributed by atoms with Gasteiger partial charge in [-0.3, -0.25) is 0 Å². The van der Waals surface area contributed by atoms with E-state index in [0.29, 0.717) is 0 Å². The second kappa shape index (κ2) is 11.7. The largest absolute Gasteiger partial charge is 0.457 e. The third-order valence-electron chi connectivity index (χ3n) is 9.15. The number of anilines is 4. The fraction of sp³-hybridized carbons (Fsp3) is 0.300. The monoisotopic (exact) mass is 594 g/mol. The summed E-state index contributed by atoms with van der Waals surface area (Å²) in [7, 11) is 0. The minimum Gasteiger partial charge on any atom is -0.457 e. The number of pyridine rings is 2. The number of nitrogens with zero attached hydrogens (tertiary/aromatic N) is 4. The number of hydrogen-bond donors (Lipinski definition) is 0. The summed E-state index contributed by atoms with van der Waals surface area (Å²) in [6, 6.07) is 28.0. The van der Waals surface area contributed by atoms with Crippen LogP contribution in [0.4, 0.5) is 23.0 Å². The van der Waals surface area contributed by atoms with Crippen LogP contribution in [0.25, 0.3) is 11.1 Å². The van der Waals surface area contributed by atoms with E-state index in [9.17, 15) is 0 Å². The fourth-order valence-corrected chi connectivity index (χ4v) is 6.90. The first-order valence-electron chi connectivity index (χ1n) is 16.2. The Bertz CT molecular complexity index is 1860. The van der Waals surface area contributed by atoms with E-state index in [2.05, 4.69) is 123 Å². The van der Waals surface area contributed by atoms with Gasteiger partial charge in [-0.05, 0) is 109 Å². The van der Waals surface area contributed by atoms with Gasteiger partial charge in [0.25, 0.3) is 0 Å². The van der Waals surface area contributed by atoms with Crippen LogP contribution in [0.3, 0.4) is 0 Å². The van der Waals surface area contributed by atoms with E-state index in [-0.39, 0.29) is 5.41 Å². The highest BCUT2D eigenvalue weighted by Gasteiger charge is 2.28. The quantitative estimate of drug-likeness (QED) is 0.203. The number of hydrogen-bond acceptors (Lipinski definition) is 5. The second-order valence-corrected chi connectivity index (χ2v) is 13.5. The summed E-state index contributed by atoms with van der Waals surface area (Å²) in [6.45, 7) is 13.1. The van der Waals surface area contributed by atoms with Crippen LogP contribution >= 0.6 is 0 Å². The van der Waals surface area contributed by atoms with Crippen molar-refractivity contribution in [2.24, 2.45) is 0 Å². The number of benzene rings is 3. The Balaban J connectivity index is 1.24. The average molecular weight is 595 g/mol. The molecule has 5 aromatic rings. The minimum atomic E-state index is -0.0193. The number of aromatic nitrogens is 2. The SMILES string of the molecule is Cc1ccnc(N2CCCc3c2cc(Oc2ccc4c(c2)N(c2cc(C)c(-c5ccccc5)cn2)CCC4)cc3C(C)(C)C)c1. The van der Waals surface area contributed by atoms with E-state index in [1.165, 1.54) is 50.3 Å². The van der Waals surface area contributed by atoms with Gasteiger partial charge in [-0.1, -0.05) is 57.2 Å². The van der Waals surface area contributed by atoms with Crippen molar-refractivity contribution < 1.29 is 4.74 Å². The first kappa shape index (κ1) is 29.1. The predicted octanol–water partition coefficient (Wildman–Crippen LogP) is 10.0. The van der Waals surface area contributed by atoms with Crippen molar-refractivity contribution in [3.05, 3.63) is 119 Å². The first-order valence-corrected chi connectivity index (χ1v) is 16.2. The van der Waals surface area contributed by atoms with Crippen LogP contribution < -0.4 is 14.5 Å². The molecule has 0 amide bonds. The number of fused-ring (bicyclic) bond motifs is 2. The molecule has 0 N–H and O–H groups in total. The van der Waals surface area contributed by atoms with Crippen molar-refractivity contribution in [2.45, 2.75) is 65.7 Å². The van der Waals surface area contributed by atoms with Crippen LogP contribution in [-0.4, -0.2) is 23.1 Å². The zero-order valence-electron chi connectivity index (χ0n) is 27.1. The van der Waals surface area contributed by atoms with Gasteiger partial charge in [-0.15, -0.1) is 0 Å². The molecule has 0 fully saturated rings. The van der Waals surface area contributed by atoms with Gasteiger partial charge in [0.05, 0.1) is 0 Å². The smallest absolute Gasteiger partial charge is 0.133 e. The molecule has 4 heterocycles. The molecule has 2 aliphatic heterocycles. The van der Waals surface area contributed by atoms with E-state index in [1.807, 2.05) is 12.4 Å². The van der Waals surface area contributed by atoms with Crippen molar-refractivity contribution >= 4 is 23.0 Å². The molecule has 0 aliphatic carbocycles. The molecule has 0 unspecified atom stereocenters. The standard InChI is InChI=1S/C40H42N4O/c1-27-17-18-41-38(21-27)44-20-10-14-33-35(40(3,4)5)23-32(25-37(33)44)45-31-16-15-30-13-9-19-43(36(30)24-31)39-22-28(2)34(26-42-39)29-11-7-6-8-12-29/h6-8,11-12,15-18,21-26H,9-10,13-14,19-20H2,1-5H3. The Morgan fingerprint density at radius 2 is 1.44 bits per heavy atom. The van der Waals surface area contributed by atoms with Gasteiger partial charge >= 0.3 is 0 Å².